The Morgan fingerprint density at radius 1 is 1.35 bits per heavy atom. The van der Waals surface area contributed by atoms with Crippen molar-refractivity contribution in [3.63, 3.8) is 0 Å². The fraction of sp³-hybridized carbons (Fsp3) is 0.562. The van der Waals surface area contributed by atoms with Crippen molar-refractivity contribution in [2.45, 2.75) is 31.6 Å². The van der Waals surface area contributed by atoms with Gasteiger partial charge in [0.2, 0.25) is 5.91 Å². The first-order valence-electron chi connectivity index (χ1n) is 7.42. The molecule has 20 heavy (non-hydrogen) atoms. The van der Waals surface area contributed by atoms with Gasteiger partial charge >= 0.3 is 0 Å². The second-order valence-electron chi connectivity index (χ2n) is 5.43. The highest BCUT2D eigenvalue weighted by atomic mass is 32.2. The molecular weight excluding hydrogens is 270 g/mol. The SMILES string of the molecule is CCOc1ccccc1C1SCCC(=O)N1CC1CC1. The Balaban J connectivity index is 1.86. The number of rotatable bonds is 5. The third-order valence-corrected chi connectivity index (χ3v) is 5.10. The number of carbonyl (C=O) groups excluding carboxylic acids is 1. The van der Waals surface area contributed by atoms with Crippen molar-refractivity contribution < 1.29 is 9.53 Å². The molecule has 108 valence electrons. The predicted molar refractivity (Wildman–Crippen MR) is 81.9 cm³/mol. The third-order valence-electron chi connectivity index (χ3n) is 3.83. The molecule has 4 heteroatoms. The maximum atomic E-state index is 12.3. The first-order chi connectivity index (χ1) is 9.79. The lowest BCUT2D eigenvalue weighted by Crippen LogP contribution is -2.38. The summed E-state index contributed by atoms with van der Waals surface area (Å²) >= 11 is 1.86. The molecule has 2 aliphatic rings. The summed E-state index contributed by atoms with van der Waals surface area (Å²) in [7, 11) is 0. The van der Waals surface area contributed by atoms with Crippen molar-refractivity contribution in [3.05, 3.63) is 29.8 Å². The van der Waals surface area contributed by atoms with Gasteiger partial charge in [-0.15, -0.1) is 11.8 Å². The number of nitrogens with zero attached hydrogens (tertiary/aromatic N) is 1. The first kappa shape index (κ1) is 13.8. The van der Waals surface area contributed by atoms with Gasteiger partial charge in [-0.1, -0.05) is 18.2 Å². The zero-order chi connectivity index (χ0) is 13.9. The molecule has 0 N–H and O–H groups in total. The molecule has 0 spiro atoms. The molecular formula is C16H21NO2S. The number of ether oxygens (including phenoxy) is 1. The van der Waals surface area contributed by atoms with Gasteiger partial charge in [-0.2, -0.15) is 0 Å². The molecule has 1 aliphatic heterocycles. The summed E-state index contributed by atoms with van der Waals surface area (Å²) in [6.07, 6.45) is 3.22. The Kier molecular flexibility index (Phi) is 4.20. The van der Waals surface area contributed by atoms with E-state index in [-0.39, 0.29) is 5.37 Å². The smallest absolute Gasteiger partial charge is 0.224 e. The van der Waals surface area contributed by atoms with E-state index in [1.807, 2.05) is 36.9 Å². The van der Waals surface area contributed by atoms with Crippen molar-refractivity contribution in [2.75, 3.05) is 18.9 Å². The lowest BCUT2D eigenvalue weighted by Gasteiger charge is -2.36. The van der Waals surface area contributed by atoms with Crippen LogP contribution in [0.1, 0.15) is 37.1 Å². The van der Waals surface area contributed by atoms with Gasteiger partial charge in [0.1, 0.15) is 11.1 Å². The summed E-state index contributed by atoms with van der Waals surface area (Å²) in [6, 6.07) is 8.14. The van der Waals surface area contributed by atoms with Crippen molar-refractivity contribution in [3.8, 4) is 5.75 Å². The van der Waals surface area contributed by atoms with Crippen LogP contribution in [0, 0.1) is 5.92 Å². The average molecular weight is 291 g/mol. The minimum atomic E-state index is 0.125. The van der Waals surface area contributed by atoms with E-state index in [1.165, 1.54) is 12.8 Å². The standard InChI is InChI=1S/C16H21NO2S/c1-2-19-14-6-4-3-5-13(14)16-17(11-12-7-8-12)15(18)9-10-20-16/h3-6,12,16H,2,7-11H2,1H3. The highest BCUT2D eigenvalue weighted by molar-refractivity contribution is 7.99. The van der Waals surface area contributed by atoms with Gasteiger partial charge in [-0.25, -0.2) is 0 Å². The molecule has 0 bridgehead atoms. The van der Waals surface area contributed by atoms with E-state index in [0.717, 1.165) is 29.5 Å². The van der Waals surface area contributed by atoms with Crippen LogP contribution in [0.4, 0.5) is 0 Å². The molecule has 3 rings (SSSR count). The van der Waals surface area contributed by atoms with Crippen LogP contribution < -0.4 is 4.74 Å². The number of benzene rings is 1. The van der Waals surface area contributed by atoms with Crippen molar-refractivity contribution in [1.29, 1.82) is 0 Å². The molecule has 1 aliphatic carbocycles. The van der Waals surface area contributed by atoms with Gasteiger partial charge in [0.15, 0.2) is 0 Å². The summed E-state index contributed by atoms with van der Waals surface area (Å²) in [5.74, 6) is 2.85. The lowest BCUT2D eigenvalue weighted by molar-refractivity contribution is -0.132. The van der Waals surface area contributed by atoms with E-state index < -0.39 is 0 Å². The number of thioether (sulfide) groups is 1. The number of hydrogen-bond donors (Lipinski definition) is 0. The summed E-state index contributed by atoms with van der Waals surface area (Å²) in [4.78, 5) is 14.4. The Bertz CT molecular complexity index is 487. The normalized spacial score (nSPS) is 22.9. The molecule has 1 saturated carbocycles. The monoisotopic (exact) mass is 291 g/mol. The minimum Gasteiger partial charge on any atom is -0.493 e. The largest absolute Gasteiger partial charge is 0.493 e. The topological polar surface area (TPSA) is 29.5 Å². The van der Waals surface area contributed by atoms with Crippen LogP contribution in [0.5, 0.6) is 5.75 Å². The molecule has 1 saturated heterocycles. The Labute approximate surface area is 124 Å². The van der Waals surface area contributed by atoms with E-state index >= 15 is 0 Å². The lowest BCUT2D eigenvalue weighted by atomic mass is 10.1. The highest BCUT2D eigenvalue weighted by Crippen LogP contribution is 2.43. The maximum Gasteiger partial charge on any atom is 0.224 e. The van der Waals surface area contributed by atoms with E-state index in [9.17, 15) is 4.79 Å². The molecule has 3 nitrogen and oxygen atoms in total. The maximum absolute atomic E-state index is 12.3. The zero-order valence-electron chi connectivity index (χ0n) is 11.9. The fourth-order valence-corrected chi connectivity index (χ4v) is 3.90. The van der Waals surface area contributed by atoms with E-state index in [0.29, 0.717) is 18.9 Å². The minimum absolute atomic E-state index is 0.125. The molecule has 0 radical (unpaired) electrons. The van der Waals surface area contributed by atoms with E-state index in [1.54, 1.807) is 0 Å². The van der Waals surface area contributed by atoms with Gasteiger partial charge in [0, 0.05) is 24.3 Å². The van der Waals surface area contributed by atoms with E-state index in [2.05, 4.69) is 11.0 Å². The van der Waals surface area contributed by atoms with Crippen molar-refractivity contribution >= 4 is 17.7 Å². The Morgan fingerprint density at radius 2 is 2.15 bits per heavy atom. The van der Waals surface area contributed by atoms with Crippen LogP contribution in [0.15, 0.2) is 24.3 Å². The molecule has 1 heterocycles. The fourth-order valence-electron chi connectivity index (χ4n) is 2.63. The summed E-state index contributed by atoms with van der Waals surface area (Å²) in [6.45, 7) is 3.57. The van der Waals surface area contributed by atoms with Crippen LogP contribution >= 0.6 is 11.8 Å². The number of para-hydroxylation sites is 1. The molecule has 0 aromatic heterocycles. The Hall–Kier alpha value is -1.16. The average Bonchev–Trinajstić information content (AvgIpc) is 3.26. The highest BCUT2D eigenvalue weighted by Gasteiger charge is 2.35. The van der Waals surface area contributed by atoms with Gasteiger partial charge < -0.3 is 9.64 Å². The van der Waals surface area contributed by atoms with Gasteiger partial charge in [-0.05, 0) is 31.7 Å². The van der Waals surface area contributed by atoms with Crippen molar-refractivity contribution in [1.82, 2.24) is 4.90 Å². The Morgan fingerprint density at radius 3 is 2.90 bits per heavy atom. The van der Waals surface area contributed by atoms with Gasteiger partial charge in [0.05, 0.1) is 6.61 Å². The van der Waals surface area contributed by atoms with Gasteiger partial charge in [0.25, 0.3) is 0 Å². The van der Waals surface area contributed by atoms with Crippen LogP contribution in [0.25, 0.3) is 0 Å². The number of amides is 1. The predicted octanol–water partition coefficient (Wildman–Crippen LogP) is 3.46. The summed E-state index contributed by atoms with van der Waals surface area (Å²) in [5.41, 5.74) is 1.15. The molecule has 1 atom stereocenters. The quantitative estimate of drug-likeness (QED) is 0.832. The van der Waals surface area contributed by atoms with Crippen LogP contribution in [-0.4, -0.2) is 29.7 Å². The molecule has 1 aromatic carbocycles. The van der Waals surface area contributed by atoms with Crippen LogP contribution in [-0.2, 0) is 4.79 Å². The molecule has 1 amide bonds. The van der Waals surface area contributed by atoms with Crippen molar-refractivity contribution in [2.24, 2.45) is 5.92 Å². The second kappa shape index (κ2) is 6.08. The van der Waals surface area contributed by atoms with Crippen LogP contribution in [0.2, 0.25) is 0 Å². The summed E-state index contributed by atoms with van der Waals surface area (Å²) < 4.78 is 5.74. The van der Waals surface area contributed by atoms with Gasteiger partial charge in [-0.3, -0.25) is 4.79 Å². The third kappa shape index (κ3) is 2.95. The molecule has 1 unspecified atom stereocenters. The molecule has 2 fully saturated rings. The molecule has 1 aromatic rings. The van der Waals surface area contributed by atoms with Crippen LogP contribution in [0.3, 0.4) is 0 Å². The number of carbonyl (C=O) groups is 1. The first-order valence-corrected chi connectivity index (χ1v) is 8.47. The zero-order valence-corrected chi connectivity index (χ0v) is 12.7. The summed E-state index contributed by atoms with van der Waals surface area (Å²) in [5, 5.41) is 0.125. The van der Waals surface area contributed by atoms with E-state index in [4.69, 9.17) is 4.74 Å². The second-order valence-corrected chi connectivity index (χ2v) is 6.62. The number of hydrogen-bond acceptors (Lipinski definition) is 3.